The number of carbonyl (C=O) groups excluding carboxylic acids is 1. The van der Waals surface area contributed by atoms with Crippen LogP contribution in [0.25, 0.3) is 0 Å². The monoisotopic (exact) mass is 299 g/mol. The number of carboxylic acid groups (broad SMARTS) is 1. The summed E-state index contributed by atoms with van der Waals surface area (Å²) in [6.07, 6.45) is 0.0989. The number of nitrogens with zero attached hydrogens (tertiary/aromatic N) is 1. The number of carbonyl (C=O) groups is 2. The van der Waals surface area contributed by atoms with Crippen molar-refractivity contribution in [2.75, 3.05) is 18.2 Å². The molecule has 1 aromatic rings. The van der Waals surface area contributed by atoms with Crippen molar-refractivity contribution in [2.45, 2.75) is 12.5 Å². The maximum atomic E-state index is 12.7. The molecule has 1 saturated heterocycles. The van der Waals surface area contributed by atoms with Gasteiger partial charge in [0.05, 0.1) is 18.9 Å². The fraction of sp³-hybridized carbons (Fsp3) is 0.385. The van der Waals surface area contributed by atoms with Crippen LogP contribution in [0.15, 0.2) is 24.3 Å². The molecule has 0 aromatic heterocycles. The molecule has 0 bridgehead atoms. The van der Waals surface area contributed by atoms with Crippen LogP contribution in [-0.2, 0) is 9.59 Å². The van der Waals surface area contributed by atoms with Gasteiger partial charge in [0.25, 0.3) is 0 Å². The average Bonchev–Trinajstić information content (AvgIpc) is 2.90. The summed E-state index contributed by atoms with van der Waals surface area (Å²) in [5.41, 5.74) is 0. The minimum Gasteiger partial charge on any atom is -0.493 e. The lowest BCUT2D eigenvalue weighted by molar-refractivity contribution is -0.147. The largest absolute Gasteiger partial charge is 0.493 e. The van der Waals surface area contributed by atoms with Crippen molar-refractivity contribution in [1.82, 2.24) is 4.90 Å². The molecule has 108 valence electrons. The Morgan fingerprint density at radius 3 is 2.75 bits per heavy atom. The number of benzene rings is 1. The topological polar surface area (TPSA) is 66.8 Å². The molecule has 0 saturated carbocycles. The van der Waals surface area contributed by atoms with E-state index in [1.807, 2.05) is 0 Å². The van der Waals surface area contributed by atoms with Gasteiger partial charge < -0.3 is 14.7 Å². The molecule has 1 aliphatic rings. The van der Waals surface area contributed by atoms with Crippen LogP contribution < -0.4 is 4.74 Å². The molecule has 0 radical (unpaired) electrons. The third kappa shape index (κ3) is 3.63. The minimum atomic E-state index is -0.984. The van der Waals surface area contributed by atoms with Crippen molar-refractivity contribution >= 4 is 23.6 Å². The Bertz CT molecular complexity index is 494. The molecule has 20 heavy (non-hydrogen) atoms. The van der Waals surface area contributed by atoms with E-state index in [1.165, 1.54) is 40.9 Å². The van der Waals surface area contributed by atoms with E-state index in [2.05, 4.69) is 0 Å². The summed E-state index contributed by atoms with van der Waals surface area (Å²) in [4.78, 5) is 24.2. The Labute approximate surface area is 119 Å². The number of hydrogen-bond donors (Lipinski definition) is 1. The first kappa shape index (κ1) is 14.6. The van der Waals surface area contributed by atoms with E-state index in [0.29, 0.717) is 17.4 Å². The second-order valence-electron chi connectivity index (χ2n) is 4.27. The Morgan fingerprint density at radius 2 is 2.10 bits per heavy atom. The highest BCUT2D eigenvalue weighted by molar-refractivity contribution is 7.99. The summed E-state index contributed by atoms with van der Waals surface area (Å²) in [7, 11) is 0. The molecule has 1 fully saturated rings. The number of amides is 1. The van der Waals surface area contributed by atoms with Crippen LogP contribution in [-0.4, -0.2) is 46.2 Å². The van der Waals surface area contributed by atoms with Gasteiger partial charge in [0, 0.05) is 5.75 Å². The van der Waals surface area contributed by atoms with E-state index in [-0.39, 0.29) is 24.8 Å². The first-order chi connectivity index (χ1) is 9.58. The van der Waals surface area contributed by atoms with E-state index in [4.69, 9.17) is 9.84 Å². The van der Waals surface area contributed by atoms with Gasteiger partial charge >= 0.3 is 5.97 Å². The summed E-state index contributed by atoms with van der Waals surface area (Å²) in [5.74, 6) is -0.296. The molecule has 7 heteroatoms. The molecule has 5 nitrogen and oxygen atoms in total. The highest BCUT2D eigenvalue weighted by atomic mass is 32.2. The average molecular weight is 299 g/mol. The van der Waals surface area contributed by atoms with Crippen LogP contribution in [0.3, 0.4) is 0 Å². The molecule has 0 spiro atoms. The number of halogens is 1. The zero-order valence-corrected chi connectivity index (χ0v) is 11.4. The Hall–Kier alpha value is -1.76. The lowest BCUT2D eigenvalue weighted by atomic mass is 10.2. The fourth-order valence-corrected chi connectivity index (χ4v) is 3.00. The Kier molecular flexibility index (Phi) is 4.84. The van der Waals surface area contributed by atoms with Gasteiger partial charge in [-0.25, -0.2) is 9.18 Å². The summed E-state index contributed by atoms with van der Waals surface area (Å²) >= 11 is 1.42. The summed E-state index contributed by atoms with van der Waals surface area (Å²) in [5, 5.41) is 8.99. The first-order valence-corrected chi connectivity index (χ1v) is 7.22. The molecular formula is C13H14FNO4S. The molecule has 1 unspecified atom stereocenters. The minimum absolute atomic E-state index is 0.0989. The SMILES string of the molecule is O=C(O)C1CSCN1C(=O)CCOc1ccc(F)cc1. The van der Waals surface area contributed by atoms with E-state index >= 15 is 0 Å². The normalized spacial score (nSPS) is 18.1. The van der Waals surface area contributed by atoms with Crippen LogP contribution >= 0.6 is 11.8 Å². The zero-order chi connectivity index (χ0) is 14.5. The fourth-order valence-electron chi connectivity index (χ4n) is 1.82. The van der Waals surface area contributed by atoms with Crippen LogP contribution in [0.1, 0.15) is 6.42 Å². The highest BCUT2D eigenvalue weighted by Crippen LogP contribution is 2.22. The van der Waals surface area contributed by atoms with E-state index < -0.39 is 12.0 Å². The van der Waals surface area contributed by atoms with Crippen molar-refractivity contribution in [2.24, 2.45) is 0 Å². The van der Waals surface area contributed by atoms with Gasteiger partial charge in [0.2, 0.25) is 5.91 Å². The van der Waals surface area contributed by atoms with Gasteiger partial charge in [-0.3, -0.25) is 4.79 Å². The number of carboxylic acids is 1. The Morgan fingerprint density at radius 1 is 1.40 bits per heavy atom. The lowest BCUT2D eigenvalue weighted by Gasteiger charge is -2.20. The van der Waals surface area contributed by atoms with E-state index in [9.17, 15) is 14.0 Å². The summed E-state index contributed by atoms with van der Waals surface area (Å²) in [6, 6.07) is 4.75. The van der Waals surface area contributed by atoms with Crippen molar-refractivity contribution in [3.05, 3.63) is 30.1 Å². The second kappa shape index (κ2) is 6.60. The molecule has 1 aromatic carbocycles. The van der Waals surface area contributed by atoms with Crippen molar-refractivity contribution in [1.29, 1.82) is 0 Å². The second-order valence-corrected chi connectivity index (χ2v) is 5.27. The molecule has 1 heterocycles. The standard InChI is InChI=1S/C13H14FNO4S/c14-9-1-3-10(4-2-9)19-6-5-12(16)15-8-20-7-11(15)13(17)18/h1-4,11H,5-8H2,(H,17,18). The quantitative estimate of drug-likeness (QED) is 0.894. The number of ether oxygens (including phenoxy) is 1. The smallest absolute Gasteiger partial charge is 0.327 e. The van der Waals surface area contributed by atoms with E-state index in [1.54, 1.807) is 0 Å². The predicted octanol–water partition coefficient (Wildman–Crippen LogP) is 1.58. The lowest BCUT2D eigenvalue weighted by Crippen LogP contribution is -2.42. The van der Waals surface area contributed by atoms with Gasteiger partial charge in [0.15, 0.2) is 0 Å². The maximum Gasteiger partial charge on any atom is 0.327 e. The summed E-state index contributed by atoms with van der Waals surface area (Å²) in [6.45, 7) is 0.137. The molecular weight excluding hydrogens is 285 g/mol. The highest BCUT2D eigenvalue weighted by Gasteiger charge is 2.34. The number of rotatable bonds is 5. The third-order valence-corrected chi connectivity index (χ3v) is 3.90. The van der Waals surface area contributed by atoms with Gasteiger partial charge in [-0.2, -0.15) is 0 Å². The van der Waals surface area contributed by atoms with Gasteiger partial charge in [-0.15, -0.1) is 11.8 Å². The number of hydrogen-bond acceptors (Lipinski definition) is 4. The van der Waals surface area contributed by atoms with Crippen molar-refractivity contribution < 1.29 is 23.8 Å². The van der Waals surface area contributed by atoms with Gasteiger partial charge in [-0.1, -0.05) is 0 Å². The van der Waals surface area contributed by atoms with Crippen LogP contribution in [0, 0.1) is 5.82 Å². The summed E-state index contributed by atoms with van der Waals surface area (Å²) < 4.78 is 18.0. The number of aliphatic carboxylic acids is 1. The molecule has 1 N–H and O–H groups in total. The third-order valence-electron chi connectivity index (χ3n) is 2.89. The van der Waals surface area contributed by atoms with Crippen LogP contribution in [0.2, 0.25) is 0 Å². The van der Waals surface area contributed by atoms with Crippen LogP contribution in [0.5, 0.6) is 5.75 Å². The van der Waals surface area contributed by atoms with Crippen molar-refractivity contribution in [3.8, 4) is 5.75 Å². The van der Waals surface area contributed by atoms with Gasteiger partial charge in [0.1, 0.15) is 17.6 Å². The molecule has 1 amide bonds. The molecule has 0 aliphatic carbocycles. The zero-order valence-electron chi connectivity index (χ0n) is 10.6. The van der Waals surface area contributed by atoms with Gasteiger partial charge in [-0.05, 0) is 24.3 Å². The Balaban J connectivity index is 1.80. The first-order valence-electron chi connectivity index (χ1n) is 6.06. The number of thioether (sulfide) groups is 1. The van der Waals surface area contributed by atoms with Crippen LogP contribution in [0.4, 0.5) is 4.39 Å². The molecule has 1 atom stereocenters. The molecule has 1 aliphatic heterocycles. The molecule has 2 rings (SSSR count). The van der Waals surface area contributed by atoms with Crippen molar-refractivity contribution in [3.63, 3.8) is 0 Å². The predicted molar refractivity (Wildman–Crippen MR) is 72.1 cm³/mol. The van der Waals surface area contributed by atoms with E-state index in [0.717, 1.165) is 0 Å². The maximum absolute atomic E-state index is 12.7.